The number of aromatic amines is 1. The Bertz CT molecular complexity index is 2820. The lowest BCUT2D eigenvalue weighted by Gasteiger charge is -2.36. The van der Waals surface area contributed by atoms with Crippen LogP contribution in [-0.2, 0) is 41.6 Å². The number of anilines is 1. The molecule has 5 atom stereocenters. The van der Waals surface area contributed by atoms with Crippen molar-refractivity contribution in [3.63, 3.8) is 0 Å². The van der Waals surface area contributed by atoms with Crippen molar-refractivity contribution in [2.45, 2.75) is 116 Å². The molecular formula is C57H73N9O9. The van der Waals surface area contributed by atoms with Gasteiger partial charge in [-0.15, -0.1) is 0 Å². The van der Waals surface area contributed by atoms with E-state index < -0.39 is 53.2 Å². The Morgan fingerprint density at radius 2 is 1.23 bits per heavy atom. The van der Waals surface area contributed by atoms with Crippen molar-refractivity contribution in [3.05, 3.63) is 124 Å². The summed E-state index contributed by atoms with van der Waals surface area (Å²) >= 11 is 0. The molecule has 1 aromatic heterocycles. The zero-order chi connectivity index (χ0) is 54.0. The van der Waals surface area contributed by atoms with Gasteiger partial charge in [-0.05, 0) is 97.4 Å². The largest absolute Gasteiger partial charge is 0.508 e. The van der Waals surface area contributed by atoms with Gasteiger partial charge in [-0.1, -0.05) is 102 Å². The number of epoxide rings is 1. The number of aromatic hydroxyl groups is 2. The third kappa shape index (κ3) is 14.7. The monoisotopic (exact) mass is 1030 g/mol. The molecule has 7 rings (SSSR count). The highest BCUT2D eigenvalue weighted by atomic mass is 16.6. The summed E-state index contributed by atoms with van der Waals surface area (Å²) in [6.07, 6.45) is 1.51. The maximum atomic E-state index is 14.4. The molecule has 18 heteroatoms. The molecule has 2 fully saturated rings. The average Bonchev–Trinajstić information content (AvgIpc) is 4.02. The summed E-state index contributed by atoms with van der Waals surface area (Å²) in [5.74, 6) is -2.23. The van der Waals surface area contributed by atoms with Crippen molar-refractivity contribution in [1.82, 2.24) is 40.9 Å². The van der Waals surface area contributed by atoms with Crippen molar-refractivity contribution in [2.75, 3.05) is 44.2 Å². The molecule has 2 saturated heterocycles. The van der Waals surface area contributed by atoms with Crippen LogP contribution in [0.15, 0.2) is 102 Å². The van der Waals surface area contributed by atoms with Gasteiger partial charge in [0.25, 0.3) is 0 Å². The van der Waals surface area contributed by atoms with Gasteiger partial charge < -0.3 is 41.1 Å². The van der Waals surface area contributed by atoms with E-state index in [1.807, 2.05) is 119 Å². The highest BCUT2D eigenvalue weighted by Gasteiger charge is 2.50. The molecule has 4 aromatic carbocycles. The van der Waals surface area contributed by atoms with Crippen LogP contribution < -0.4 is 31.9 Å². The first kappa shape index (κ1) is 55.4. The number of carbonyl (C=O) groups is 5. The van der Waals surface area contributed by atoms with E-state index >= 15 is 0 Å². The van der Waals surface area contributed by atoms with Gasteiger partial charge >= 0.3 is 5.69 Å². The van der Waals surface area contributed by atoms with E-state index in [-0.39, 0.29) is 79.2 Å². The lowest BCUT2D eigenvalue weighted by Crippen LogP contribution is -2.59. The standard InChI is InChI=1S/C57H73N9O9/c1-35(2)28-45(51(70)57(7)34-75-57)59-55(73)47(30-39-16-12-9-13-17-39)61-54(72)46(29-36(3)4)60-53(71)44(23-18-38-14-10-8-11-15-38)58-50(69)33-64-24-26-65(27-25-64)40-19-21-41(22-20-40)66-52(62-63-56(66)74)43-31-42(37(5)6)48(67)32-49(43)68/h8-17,19-22,31-32,35-37,44-47,67-68H,18,23-30,33-34H2,1-7H3,(H,58,69)(H,59,73)(H,60,71)(H,61,72)(H,63,74)/t44-,45-,46-,47-,57+/m0/s1. The Morgan fingerprint density at radius 1 is 0.680 bits per heavy atom. The minimum Gasteiger partial charge on any atom is -0.508 e. The Kier molecular flexibility index (Phi) is 18.3. The smallest absolute Gasteiger partial charge is 0.348 e. The van der Waals surface area contributed by atoms with Crippen LogP contribution in [0.4, 0.5) is 5.69 Å². The number of Topliss-reactive ketones (excluding diaryl/α,β-unsaturated/α-hetero) is 1. The number of hydrogen-bond acceptors (Lipinski definition) is 12. The number of aromatic nitrogens is 3. The first-order chi connectivity index (χ1) is 35.8. The van der Waals surface area contributed by atoms with E-state index in [9.17, 15) is 39.0 Å². The van der Waals surface area contributed by atoms with Crippen LogP contribution in [0, 0.1) is 11.8 Å². The fourth-order valence-corrected chi connectivity index (χ4v) is 9.50. The molecule has 0 spiro atoms. The number of carbonyl (C=O) groups excluding carboxylic acids is 5. The zero-order valence-corrected chi connectivity index (χ0v) is 44.1. The highest BCUT2D eigenvalue weighted by molar-refractivity contribution is 5.99. The van der Waals surface area contributed by atoms with Crippen LogP contribution in [0.25, 0.3) is 17.1 Å². The number of H-pyrrole nitrogens is 1. The second kappa shape index (κ2) is 24.8. The van der Waals surface area contributed by atoms with Crippen LogP contribution in [0.5, 0.6) is 11.5 Å². The van der Waals surface area contributed by atoms with E-state index in [0.29, 0.717) is 55.8 Å². The van der Waals surface area contributed by atoms with Gasteiger partial charge in [-0.25, -0.2) is 14.5 Å². The maximum Gasteiger partial charge on any atom is 0.348 e. The van der Waals surface area contributed by atoms with Crippen LogP contribution in [0.1, 0.15) is 90.3 Å². The third-order valence-electron chi connectivity index (χ3n) is 13.8. The molecule has 2 aliphatic heterocycles. The Hall–Kier alpha value is -7.31. The predicted molar refractivity (Wildman–Crippen MR) is 287 cm³/mol. The number of piperazine rings is 1. The molecule has 0 saturated carbocycles. The molecule has 0 radical (unpaired) electrons. The summed E-state index contributed by atoms with van der Waals surface area (Å²) in [6, 6.07) is 25.2. The molecule has 3 heterocycles. The van der Waals surface area contributed by atoms with Crippen molar-refractivity contribution in [1.29, 1.82) is 0 Å². The van der Waals surface area contributed by atoms with E-state index in [2.05, 4.69) is 36.4 Å². The van der Waals surface area contributed by atoms with Gasteiger partial charge in [0.1, 0.15) is 35.2 Å². The van der Waals surface area contributed by atoms with Crippen LogP contribution >= 0.6 is 0 Å². The van der Waals surface area contributed by atoms with Crippen LogP contribution in [0.2, 0.25) is 0 Å². The molecule has 0 bridgehead atoms. The van der Waals surface area contributed by atoms with Gasteiger partial charge in [0.05, 0.1) is 30.4 Å². The molecule has 0 aliphatic carbocycles. The number of ketones is 1. The molecule has 2 aliphatic rings. The van der Waals surface area contributed by atoms with Gasteiger partial charge in [0, 0.05) is 44.4 Å². The lowest BCUT2D eigenvalue weighted by molar-refractivity contribution is -0.135. The normalized spacial score (nSPS) is 17.3. The second-order valence-corrected chi connectivity index (χ2v) is 21.2. The van der Waals surface area contributed by atoms with E-state index in [4.69, 9.17) is 4.74 Å². The summed E-state index contributed by atoms with van der Waals surface area (Å²) in [5.41, 5.74) is 2.65. The van der Waals surface area contributed by atoms with Crippen molar-refractivity contribution in [2.24, 2.45) is 11.8 Å². The van der Waals surface area contributed by atoms with Crippen LogP contribution in [-0.4, -0.2) is 128 Å². The third-order valence-corrected chi connectivity index (χ3v) is 13.8. The summed E-state index contributed by atoms with van der Waals surface area (Å²) in [6.45, 7) is 15.9. The fourth-order valence-electron chi connectivity index (χ4n) is 9.50. The first-order valence-electron chi connectivity index (χ1n) is 26.1. The molecule has 18 nitrogen and oxygen atoms in total. The predicted octanol–water partition coefficient (Wildman–Crippen LogP) is 5.15. The number of ether oxygens (including phenoxy) is 1. The lowest BCUT2D eigenvalue weighted by atomic mass is 9.93. The van der Waals surface area contributed by atoms with E-state index in [1.54, 1.807) is 25.1 Å². The molecule has 7 N–H and O–H groups in total. The number of nitrogens with one attached hydrogen (secondary N) is 5. The quantitative estimate of drug-likeness (QED) is 0.0397. The van der Waals surface area contributed by atoms with Gasteiger partial charge in [0.2, 0.25) is 23.6 Å². The molecule has 0 unspecified atom stereocenters. The summed E-state index contributed by atoms with van der Waals surface area (Å²) in [5, 5.41) is 39.6. The molecule has 5 aromatic rings. The number of phenols is 2. The van der Waals surface area contributed by atoms with Crippen molar-refractivity contribution >= 4 is 35.1 Å². The zero-order valence-electron chi connectivity index (χ0n) is 44.1. The average molecular weight is 1030 g/mol. The first-order valence-corrected chi connectivity index (χ1v) is 26.1. The minimum absolute atomic E-state index is 0.0362. The van der Waals surface area contributed by atoms with Crippen LogP contribution in [0.3, 0.4) is 0 Å². The molecule has 400 valence electrons. The Labute approximate surface area is 438 Å². The number of benzene rings is 4. The number of aryl methyl sites for hydroxylation is 1. The summed E-state index contributed by atoms with van der Waals surface area (Å²) in [4.78, 5) is 87.6. The van der Waals surface area contributed by atoms with Gasteiger partial charge in [-0.3, -0.25) is 28.9 Å². The SMILES string of the molecule is CC(C)C[C@H](NC(=O)[C@H](CCc1ccccc1)NC(=O)CN1CCN(c2ccc(-n3c(-c4cc(C(C)C)c(O)cc4O)n[nH]c3=O)cc2)CC1)C(=O)N[C@@H](Cc1ccccc1)C(=O)N[C@@H](CC(C)C)C(=O)[C@@]1(C)CO1. The number of amides is 4. The Morgan fingerprint density at radius 3 is 1.83 bits per heavy atom. The minimum atomic E-state index is -1.08. The maximum absolute atomic E-state index is 14.4. The summed E-state index contributed by atoms with van der Waals surface area (Å²) < 4.78 is 6.82. The van der Waals surface area contributed by atoms with E-state index in [1.165, 1.54) is 10.6 Å². The molecular weight excluding hydrogens is 955 g/mol. The number of hydrogen-bond donors (Lipinski definition) is 7. The topological polar surface area (TPSA) is 244 Å². The highest BCUT2D eigenvalue weighted by Crippen LogP contribution is 2.37. The summed E-state index contributed by atoms with van der Waals surface area (Å²) in [7, 11) is 0. The molecule has 75 heavy (non-hydrogen) atoms. The van der Waals surface area contributed by atoms with Gasteiger partial charge in [-0.2, -0.15) is 5.10 Å². The number of nitrogens with zero attached hydrogens (tertiary/aromatic N) is 4. The number of phenolic OH excluding ortho intramolecular Hbond substituents is 2. The van der Waals surface area contributed by atoms with Gasteiger partial charge in [0.15, 0.2) is 11.6 Å². The van der Waals surface area contributed by atoms with E-state index in [0.717, 1.165) is 16.8 Å². The number of rotatable bonds is 24. The fraction of sp³-hybridized carbons (Fsp3) is 0.456. The van der Waals surface area contributed by atoms with Crippen molar-refractivity contribution < 1.29 is 38.9 Å². The molecule has 4 amide bonds. The Balaban J connectivity index is 1.00. The van der Waals surface area contributed by atoms with Crippen molar-refractivity contribution in [3.8, 4) is 28.6 Å². The second-order valence-electron chi connectivity index (χ2n) is 21.2.